The molecule has 0 aromatic carbocycles. The van der Waals surface area contributed by atoms with Gasteiger partial charge in [-0.3, -0.25) is 9.48 Å². The lowest BCUT2D eigenvalue weighted by atomic mass is 9.94. The lowest BCUT2D eigenvalue weighted by Crippen LogP contribution is -2.38. The molecule has 0 amide bonds. The third-order valence-electron chi connectivity index (χ3n) is 2.63. The zero-order valence-corrected chi connectivity index (χ0v) is 8.23. The number of nitrogens with zero attached hydrogens (tertiary/aromatic N) is 3. The fourth-order valence-corrected chi connectivity index (χ4v) is 1.72. The SMILES string of the molecule is Cn1ncnc1CC1CNCCC1=O. The first-order valence-electron chi connectivity index (χ1n) is 4.83. The van der Waals surface area contributed by atoms with E-state index in [2.05, 4.69) is 15.4 Å². The zero-order chi connectivity index (χ0) is 9.97. The van der Waals surface area contributed by atoms with Crippen LogP contribution < -0.4 is 5.32 Å². The van der Waals surface area contributed by atoms with Crippen LogP contribution in [-0.2, 0) is 18.3 Å². The summed E-state index contributed by atoms with van der Waals surface area (Å²) in [5.41, 5.74) is 0. The van der Waals surface area contributed by atoms with Crippen molar-refractivity contribution in [1.82, 2.24) is 20.1 Å². The van der Waals surface area contributed by atoms with Crippen molar-refractivity contribution in [2.75, 3.05) is 13.1 Å². The highest BCUT2D eigenvalue weighted by Gasteiger charge is 2.23. The predicted octanol–water partition coefficient (Wildman–Crippen LogP) is -0.464. The molecule has 1 aromatic rings. The smallest absolute Gasteiger partial charge is 0.138 e. The van der Waals surface area contributed by atoms with Gasteiger partial charge in [-0.2, -0.15) is 5.10 Å². The number of hydrogen-bond donors (Lipinski definition) is 1. The maximum atomic E-state index is 11.5. The number of aryl methyl sites for hydroxylation is 1. The van der Waals surface area contributed by atoms with E-state index >= 15 is 0 Å². The molecule has 0 bridgehead atoms. The minimum absolute atomic E-state index is 0.0756. The molecule has 5 nitrogen and oxygen atoms in total. The van der Waals surface area contributed by atoms with Gasteiger partial charge in [0, 0.05) is 38.9 Å². The standard InChI is InChI=1S/C9H14N4O/c1-13-9(11-6-12-13)4-7-5-10-3-2-8(7)14/h6-7,10H,2-5H2,1H3. The van der Waals surface area contributed by atoms with Crippen LogP contribution in [0.3, 0.4) is 0 Å². The van der Waals surface area contributed by atoms with Crippen molar-refractivity contribution in [2.24, 2.45) is 13.0 Å². The van der Waals surface area contributed by atoms with Crippen LogP contribution in [0.25, 0.3) is 0 Å². The molecule has 2 rings (SSSR count). The van der Waals surface area contributed by atoms with E-state index in [0.29, 0.717) is 18.6 Å². The molecule has 1 aliphatic heterocycles. The molecule has 1 saturated heterocycles. The molecule has 1 aromatic heterocycles. The molecule has 5 heteroatoms. The van der Waals surface area contributed by atoms with Crippen molar-refractivity contribution in [2.45, 2.75) is 12.8 Å². The third kappa shape index (κ3) is 1.82. The van der Waals surface area contributed by atoms with Crippen molar-refractivity contribution < 1.29 is 4.79 Å². The van der Waals surface area contributed by atoms with Gasteiger partial charge in [-0.1, -0.05) is 0 Å². The second-order valence-corrected chi connectivity index (χ2v) is 3.62. The van der Waals surface area contributed by atoms with Crippen LogP contribution in [0.1, 0.15) is 12.2 Å². The van der Waals surface area contributed by atoms with Crippen LogP contribution in [-0.4, -0.2) is 33.6 Å². The third-order valence-corrected chi connectivity index (χ3v) is 2.63. The summed E-state index contributed by atoms with van der Waals surface area (Å²) in [5, 5.41) is 7.20. The summed E-state index contributed by atoms with van der Waals surface area (Å²) in [6.07, 6.45) is 2.86. The largest absolute Gasteiger partial charge is 0.316 e. The minimum atomic E-state index is 0.0756. The predicted molar refractivity (Wildman–Crippen MR) is 50.7 cm³/mol. The van der Waals surface area contributed by atoms with Gasteiger partial charge in [-0.15, -0.1) is 0 Å². The molecule has 0 radical (unpaired) electrons. The van der Waals surface area contributed by atoms with Gasteiger partial charge < -0.3 is 5.32 Å². The number of piperidine rings is 1. The zero-order valence-electron chi connectivity index (χ0n) is 8.23. The number of nitrogens with one attached hydrogen (secondary N) is 1. The lowest BCUT2D eigenvalue weighted by molar-refractivity contribution is -0.123. The summed E-state index contributed by atoms with van der Waals surface area (Å²) in [4.78, 5) is 15.7. The number of Topliss-reactive ketones (excluding diaryl/α,β-unsaturated/α-hetero) is 1. The Labute approximate surface area is 82.5 Å². The van der Waals surface area contributed by atoms with E-state index < -0.39 is 0 Å². The molecule has 0 aliphatic carbocycles. The van der Waals surface area contributed by atoms with Crippen molar-refractivity contribution >= 4 is 5.78 Å². The highest BCUT2D eigenvalue weighted by Crippen LogP contribution is 2.11. The Morgan fingerprint density at radius 3 is 3.21 bits per heavy atom. The van der Waals surface area contributed by atoms with Crippen molar-refractivity contribution in [3.8, 4) is 0 Å². The Balaban J connectivity index is 2.03. The average molecular weight is 194 g/mol. The van der Waals surface area contributed by atoms with E-state index in [1.54, 1.807) is 4.68 Å². The van der Waals surface area contributed by atoms with E-state index in [1.807, 2.05) is 7.05 Å². The van der Waals surface area contributed by atoms with Gasteiger partial charge in [0.25, 0.3) is 0 Å². The molecule has 1 fully saturated rings. The van der Waals surface area contributed by atoms with Gasteiger partial charge >= 0.3 is 0 Å². The number of carbonyl (C=O) groups is 1. The van der Waals surface area contributed by atoms with Crippen molar-refractivity contribution in [3.05, 3.63) is 12.2 Å². The van der Waals surface area contributed by atoms with E-state index in [-0.39, 0.29) is 5.92 Å². The van der Waals surface area contributed by atoms with Crippen LogP contribution in [0.15, 0.2) is 6.33 Å². The van der Waals surface area contributed by atoms with Crippen LogP contribution in [0.5, 0.6) is 0 Å². The van der Waals surface area contributed by atoms with Gasteiger partial charge in [-0.05, 0) is 0 Å². The molecule has 0 spiro atoms. The van der Waals surface area contributed by atoms with E-state index in [0.717, 1.165) is 18.9 Å². The highest BCUT2D eigenvalue weighted by atomic mass is 16.1. The summed E-state index contributed by atoms with van der Waals surface area (Å²) in [6.45, 7) is 1.58. The molecule has 1 aliphatic rings. The minimum Gasteiger partial charge on any atom is -0.316 e. The summed E-state index contributed by atoms with van der Waals surface area (Å²) < 4.78 is 1.72. The maximum Gasteiger partial charge on any atom is 0.138 e. The first kappa shape index (κ1) is 9.33. The lowest BCUT2D eigenvalue weighted by Gasteiger charge is -2.20. The first-order valence-corrected chi connectivity index (χ1v) is 4.83. The van der Waals surface area contributed by atoms with Crippen LogP contribution in [0.4, 0.5) is 0 Å². The van der Waals surface area contributed by atoms with Crippen LogP contribution >= 0.6 is 0 Å². The fraction of sp³-hybridized carbons (Fsp3) is 0.667. The normalized spacial score (nSPS) is 22.6. The number of carbonyl (C=O) groups excluding carboxylic acids is 1. The average Bonchev–Trinajstić information content (AvgIpc) is 2.56. The molecule has 2 heterocycles. The Bertz CT molecular complexity index is 333. The van der Waals surface area contributed by atoms with Gasteiger partial charge in [-0.25, -0.2) is 4.98 Å². The fourth-order valence-electron chi connectivity index (χ4n) is 1.72. The number of hydrogen-bond acceptors (Lipinski definition) is 4. The van der Waals surface area contributed by atoms with Gasteiger partial charge in [0.1, 0.15) is 17.9 Å². The molecular weight excluding hydrogens is 180 g/mol. The van der Waals surface area contributed by atoms with Crippen LogP contribution in [0.2, 0.25) is 0 Å². The van der Waals surface area contributed by atoms with Gasteiger partial charge in [0.15, 0.2) is 0 Å². The molecule has 76 valence electrons. The van der Waals surface area contributed by atoms with Gasteiger partial charge in [0.05, 0.1) is 0 Å². The Morgan fingerprint density at radius 1 is 1.71 bits per heavy atom. The van der Waals surface area contributed by atoms with Crippen molar-refractivity contribution in [1.29, 1.82) is 0 Å². The maximum absolute atomic E-state index is 11.5. The number of aromatic nitrogens is 3. The molecule has 1 atom stereocenters. The molecular formula is C9H14N4O. The quantitative estimate of drug-likeness (QED) is 0.692. The number of ketones is 1. The summed E-state index contributed by atoms with van der Waals surface area (Å²) in [7, 11) is 1.85. The Morgan fingerprint density at radius 2 is 2.57 bits per heavy atom. The molecule has 0 saturated carbocycles. The molecule has 14 heavy (non-hydrogen) atoms. The monoisotopic (exact) mass is 194 g/mol. The van der Waals surface area contributed by atoms with E-state index in [9.17, 15) is 4.79 Å². The second kappa shape index (κ2) is 3.88. The van der Waals surface area contributed by atoms with Crippen molar-refractivity contribution in [3.63, 3.8) is 0 Å². The molecule has 1 unspecified atom stereocenters. The first-order chi connectivity index (χ1) is 6.77. The summed E-state index contributed by atoms with van der Waals surface area (Å²) >= 11 is 0. The van der Waals surface area contributed by atoms with E-state index in [1.165, 1.54) is 6.33 Å². The number of rotatable bonds is 2. The summed E-state index contributed by atoms with van der Waals surface area (Å²) in [5.74, 6) is 1.30. The summed E-state index contributed by atoms with van der Waals surface area (Å²) in [6, 6.07) is 0. The van der Waals surface area contributed by atoms with E-state index in [4.69, 9.17) is 0 Å². The van der Waals surface area contributed by atoms with Crippen LogP contribution in [0, 0.1) is 5.92 Å². The second-order valence-electron chi connectivity index (χ2n) is 3.62. The topological polar surface area (TPSA) is 59.8 Å². The van der Waals surface area contributed by atoms with Gasteiger partial charge in [0.2, 0.25) is 0 Å². The Hall–Kier alpha value is -1.23. The highest BCUT2D eigenvalue weighted by molar-refractivity contribution is 5.82. The Kier molecular flexibility index (Phi) is 2.58. The molecule has 1 N–H and O–H groups in total.